The van der Waals surface area contributed by atoms with Crippen LogP contribution in [0.3, 0.4) is 0 Å². The lowest BCUT2D eigenvalue weighted by Gasteiger charge is -2.38. The van der Waals surface area contributed by atoms with Gasteiger partial charge in [-0.3, -0.25) is 9.69 Å². The van der Waals surface area contributed by atoms with Gasteiger partial charge in [-0.15, -0.1) is 0 Å². The second kappa shape index (κ2) is 7.29. The van der Waals surface area contributed by atoms with Crippen LogP contribution in [-0.4, -0.2) is 57.9 Å². The summed E-state index contributed by atoms with van der Waals surface area (Å²) in [4.78, 5) is 21.2. The number of pyridine rings is 1. The molecule has 114 valence electrons. The van der Waals surface area contributed by atoms with Gasteiger partial charge in [0.1, 0.15) is 5.69 Å². The molecule has 1 aromatic heterocycles. The molecule has 1 saturated heterocycles. The maximum atomic E-state index is 12.5. The molecule has 1 aromatic rings. The Balaban J connectivity index is 2.00. The van der Waals surface area contributed by atoms with Crippen LogP contribution in [-0.2, 0) is 0 Å². The minimum absolute atomic E-state index is 0.0366. The van der Waals surface area contributed by atoms with Crippen molar-refractivity contribution in [2.45, 2.75) is 19.4 Å². The molecule has 1 fully saturated rings. The summed E-state index contributed by atoms with van der Waals surface area (Å²) < 4.78 is 0.729. The maximum Gasteiger partial charge on any atom is 0.273 e. The van der Waals surface area contributed by atoms with Crippen LogP contribution in [0.2, 0.25) is 0 Å². The van der Waals surface area contributed by atoms with E-state index in [9.17, 15) is 4.79 Å². The minimum Gasteiger partial charge on any atom is -0.392 e. The Morgan fingerprint density at radius 2 is 2.14 bits per heavy atom. The standard InChI is InChI=1S/C14H19BrN4OS/c1-2-11(13(16)21)18-6-8-19(9-7-18)14(20)12-10(15)4-3-5-17-12/h3-5,11H,2,6-9H2,1H3,(H2,16,21). The summed E-state index contributed by atoms with van der Waals surface area (Å²) in [5.41, 5.74) is 6.24. The number of hydrogen-bond donors (Lipinski definition) is 1. The fourth-order valence-corrected chi connectivity index (χ4v) is 3.31. The first-order valence-electron chi connectivity index (χ1n) is 6.97. The van der Waals surface area contributed by atoms with Crippen LogP contribution in [0, 0.1) is 0 Å². The third-order valence-corrected chi connectivity index (χ3v) is 4.63. The Hall–Kier alpha value is -1.05. The Kier molecular flexibility index (Phi) is 5.66. The second-order valence-electron chi connectivity index (χ2n) is 4.99. The van der Waals surface area contributed by atoms with Gasteiger partial charge in [-0.05, 0) is 34.5 Å². The van der Waals surface area contributed by atoms with Gasteiger partial charge in [0.15, 0.2) is 0 Å². The second-order valence-corrected chi connectivity index (χ2v) is 6.31. The number of nitrogens with zero attached hydrogens (tertiary/aromatic N) is 3. The molecule has 1 atom stereocenters. The quantitative estimate of drug-likeness (QED) is 0.816. The first-order valence-corrected chi connectivity index (χ1v) is 8.18. The van der Waals surface area contributed by atoms with Gasteiger partial charge in [0.2, 0.25) is 0 Å². The molecule has 2 N–H and O–H groups in total. The molecule has 0 bridgehead atoms. The van der Waals surface area contributed by atoms with E-state index in [-0.39, 0.29) is 11.9 Å². The van der Waals surface area contributed by atoms with Crippen LogP contribution >= 0.6 is 28.1 Å². The highest BCUT2D eigenvalue weighted by Crippen LogP contribution is 2.17. The Bertz CT molecular complexity index is 531. The van der Waals surface area contributed by atoms with Crippen LogP contribution < -0.4 is 5.73 Å². The molecule has 0 radical (unpaired) electrons. The van der Waals surface area contributed by atoms with Crippen molar-refractivity contribution < 1.29 is 4.79 Å². The minimum atomic E-state index is -0.0366. The van der Waals surface area contributed by atoms with Crippen molar-refractivity contribution in [2.75, 3.05) is 26.2 Å². The molecule has 7 heteroatoms. The van der Waals surface area contributed by atoms with Crippen molar-refractivity contribution in [3.8, 4) is 0 Å². The van der Waals surface area contributed by atoms with Gasteiger partial charge < -0.3 is 10.6 Å². The van der Waals surface area contributed by atoms with Crippen molar-refractivity contribution in [2.24, 2.45) is 5.73 Å². The van der Waals surface area contributed by atoms with E-state index in [2.05, 4.69) is 32.7 Å². The zero-order valence-electron chi connectivity index (χ0n) is 12.0. The van der Waals surface area contributed by atoms with Gasteiger partial charge in [0.05, 0.1) is 11.0 Å². The zero-order valence-corrected chi connectivity index (χ0v) is 14.4. The molecule has 0 spiro atoms. The maximum absolute atomic E-state index is 12.5. The van der Waals surface area contributed by atoms with E-state index in [1.54, 1.807) is 12.3 Å². The third-order valence-electron chi connectivity index (χ3n) is 3.72. The third kappa shape index (κ3) is 3.78. The van der Waals surface area contributed by atoms with Crippen LogP contribution in [0.15, 0.2) is 22.8 Å². The highest BCUT2D eigenvalue weighted by Gasteiger charge is 2.28. The molecule has 0 saturated carbocycles. The van der Waals surface area contributed by atoms with E-state index in [1.807, 2.05) is 11.0 Å². The molecule has 2 heterocycles. The number of rotatable bonds is 4. The SMILES string of the molecule is CCC(C(N)=S)N1CCN(C(=O)c2ncccc2Br)CC1. The number of aromatic nitrogens is 1. The molecule has 1 amide bonds. The van der Waals surface area contributed by atoms with Crippen LogP contribution in [0.1, 0.15) is 23.8 Å². The van der Waals surface area contributed by atoms with Crippen molar-refractivity contribution in [1.82, 2.24) is 14.8 Å². The van der Waals surface area contributed by atoms with E-state index in [1.165, 1.54) is 0 Å². The molecule has 21 heavy (non-hydrogen) atoms. The Morgan fingerprint density at radius 3 is 2.67 bits per heavy atom. The van der Waals surface area contributed by atoms with Gasteiger partial charge in [-0.1, -0.05) is 19.1 Å². The largest absolute Gasteiger partial charge is 0.392 e. The molecule has 1 aliphatic rings. The summed E-state index contributed by atoms with van der Waals surface area (Å²) in [6.07, 6.45) is 2.53. The van der Waals surface area contributed by atoms with Crippen LogP contribution in [0.25, 0.3) is 0 Å². The number of carbonyl (C=O) groups is 1. The molecule has 0 aliphatic carbocycles. The molecule has 1 aliphatic heterocycles. The fourth-order valence-electron chi connectivity index (χ4n) is 2.57. The number of piperazine rings is 1. The van der Waals surface area contributed by atoms with Gasteiger partial charge in [-0.25, -0.2) is 4.98 Å². The van der Waals surface area contributed by atoms with Crippen molar-refractivity contribution in [1.29, 1.82) is 0 Å². The molecular formula is C14H19BrN4OS. The van der Waals surface area contributed by atoms with Gasteiger partial charge in [-0.2, -0.15) is 0 Å². The predicted octanol–water partition coefficient (Wildman–Crippen LogP) is 1.67. The lowest BCUT2D eigenvalue weighted by Crippen LogP contribution is -2.54. The number of hydrogen-bond acceptors (Lipinski definition) is 4. The zero-order chi connectivity index (χ0) is 15.4. The van der Waals surface area contributed by atoms with Gasteiger partial charge in [0, 0.05) is 36.8 Å². The van der Waals surface area contributed by atoms with Crippen molar-refractivity contribution >= 4 is 39.0 Å². The normalized spacial score (nSPS) is 17.5. The molecule has 2 rings (SSSR count). The topological polar surface area (TPSA) is 62.5 Å². The molecule has 1 unspecified atom stereocenters. The van der Waals surface area contributed by atoms with E-state index >= 15 is 0 Å². The number of halogens is 1. The fraction of sp³-hybridized carbons (Fsp3) is 0.500. The van der Waals surface area contributed by atoms with Crippen molar-refractivity contribution in [3.05, 3.63) is 28.5 Å². The number of carbonyl (C=O) groups excluding carboxylic acids is 1. The first kappa shape index (κ1) is 16.3. The number of amides is 1. The molecule has 5 nitrogen and oxygen atoms in total. The Morgan fingerprint density at radius 1 is 1.48 bits per heavy atom. The smallest absolute Gasteiger partial charge is 0.273 e. The van der Waals surface area contributed by atoms with Crippen molar-refractivity contribution in [3.63, 3.8) is 0 Å². The molecular weight excluding hydrogens is 352 g/mol. The summed E-state index contributed by atoms with van der Waals surface area (Å²) in [5.74, 6) is -0.0366. The number of nitrogens with two attached hydrogens (primary N) is 1. The highest BCUT2D eigenvalue weighted by molar-refractivity contribution is 9.10. The first-order chi connectivity index (χ1) is 10.0. The Labute approximate surface area is 138 Å². The molecule has 0 aromatic carbocycles. The lowest BCUT2D eigenvalue weighted by atomic mass is 10.1. The van der Waals surface area contributed by atoms with Gasteiger partial charge in [0.25, 0.3) is 5.91 Å². The summed E-state index contributed by atoms with van der Waals surface area (Å²) in [6.45, 7) is 4.98. The average molecular weight is 371 g/mol. The average Bonchev–Trinajstić information content (AvgIpc) is 2.48. The summed E-state index contributed by atoms with van der Waals surface area (Å²) in [7, 11) is 0. The number of thiocarbonyl (C=S) groups is 1. The van der Waals surface area contributed by atoms with E-state index in [4.69, 9.17) is 18.0 Å². The predicted molar refractivity (Wildman–Crippen MR) is 90.3 cm³/mol. The van der Waals surface area contributed by atoms with Crippen LogP contribution in [0.5, 0.6) is 0 Å². The van der Waals surface area contributed by atoms with E-state index < -0.39 is 0 Å². The summed E-state index contributed by atoms with van der Waals surface area (Å²) in [5, 5.41) is 0. The summed E-state index contributed by atoms with van der Waals surface area (Å²) >= 11 is 8.49. The summed E-state index contributed by atoms with van der Waals surface area (Å²) in [6, 6.07) is 3.75. The highest BCUT2D eigenvalue weighted by atomic mass is 79.9. The van der Waals surface area contributed by atoms with Gasteiger partial charge >= 0.3 is 0 Å². The monoisotopic (exact) mass is 370 g/mol. The van der Waals surface area contributed by atoms with Crippen LogP contribution in [0.4, 0.5) is 0 Å². The van der Waals surface area contributed by atoms with E-state index in [0.29, 0.717) is 23.8 Å². The lowest BCUT2D eigenvalue weighted by molar-refractivity contribution is 0.0605. The van der Waals surface area contributed by atoms with E-state index in [0.717, 1.165) is 24.0 Å².